The molecule has 0 aliphatic heterocycles. The van der Waals surface area contributed by atoms with E-state index in [0.29, 0.717) is 11.5 Å². The molecule has 1 fully saturated rings. The fourth-order valence-electron chi connectivity index (χ4n) is 2.79. The van der Waals surface area contributed by atoms with Gasteiger partial charge in [0.25, 0.3) is 0 Å². The van der Waals surface area contributed by atoms with Crippen molar-refractivity contribution in [3.63, 3.8) is 0 Å². The van der Waals surface area contributed by atoms with Crippen LogP contribution < -0.4 is 16.3 Å². The Bertz CT molecular complexity index is 990. The van der Waals surface area contributed by atoms with Crippen LogP contribution in [0.5, 0.6) is 0 Å². The van der Waals surface area contributed by atoms with Crippen LogP contribution in [0.3, 0.4) is 0 Å². The number of hydrogen-bond donors (Lipinski definition) is 2. The van der Waals surface area contributed by atoms with Gasteiger partial charge in [-0.25, -0.2) is 18.7 Å². The van der Waals surface area contributed by atoms with Gasteiger partial charge in [0.15, 0.2) is 5.82 Å². The minimum Gasteiger partial charge on any atom is -0.336 e. The zero-order chi connectivity index (χ0) is 18.8. The Balaban J connectivity index is 1.40. The lowest BCUT2D eigenvalue weighted by Crippen LogP contribution is -2.34. The van der Waals surface area contributed by atoms with Crippen LogP contribution >= 0.6 is 11.3 Å². The summed E-state index contributed by atoms with van der Waals surface area (Å²) in [6.07, 6.45) is 1.98. The highest BCUT2D eigenvalue weighted by Crippen LogP contribution is 2.37. The van der Waals surface area contributed by atoms with E-state index >= 15 is 0 Å². The van der Waals surface area contributed by atoms with E-state index in [1.54, 1.807) is 15.9 Å². The molecule has 0 radical (unpaired) electrons. The first-order chi connectivity index (χ1) is 13.1. The SMILES string of the molecule is O=C(NCCn1nc(-c2cccs2)n(C2CC2)c1=O)Nc1ccc(F)cc1. The van der Waals surface area contributed by atoms with Gasteiger partial charge in [0.1, 0.15) is 5.82 Å². The number of urea groups is 1. The lowest BCUT2D eigenvalue weighted by molar-refractivity contribution is 0.251. The Hall–Kier alpha value is -2.94. The molecule has 9 heteroatoms. The quantitative estimate of drug-likeness (QED) is 0.682. The standard InChI is InChI=1S/C18H18FN5O2S/c19-12-3-5-13(6-4-12)21-17(25)20-9-10-23-18(26)24(14-7-8-14)16(22-23)15-2-1-11-27-15/h1-6,11,14H,7-10H2,(H2,20,21,25). The monoisotopic (exact) mass is 387 g/mol. The summed E-state index contributed by atoms with van der Waals surface area (Å²) >= 11 is 1.55. The Kier molecular flexibility index (Phi) is 4.76. The molecular formula is C18H18FN5O2S. The van der Waals surface area contributed by atoms with E-state index in [1.807, 2.05) is 17.5 Å². The van der Waals surface area contributed by atoms with Gasteiger partial charge in [-0.3, -0.25) is 4.57 Å². The van der Waals surface area contributed by atoms with Crippen LogP contribution in [0.1, 0.15) is 18.9 Å². The van der Waals surface area contributed by atoms with Crippen molar-refractivity contribution in [1.29, 1.82) is 0 Å². The van der Waals surface area contributed by atoms with Gasteiger partial charge in [-0.05, 0) is 48.6 Å². The van der Waals surface area contributed by atoms with E-state index < -0.39 is 6.03 Å². The molecule has 7 nitrogen and oxygen atoms in total. The zero-order valence-corrected chi connectivity index (χ0v) is 15.2. The molecule has 1 aliphatic carbocycles. The summed E-state index contributed by atoms with van der Waals surface area (Å²) in [7, 11) is 0. The van der Waals surface area contributed by atoms with Crippen molar-refractivity contribution in [2.75, 3.05) is 11.9 Å². The summed E-state index contributed by atoms with van der Waals surface area (Å²) in [5, 5.41) is 11.7. The third-order valence-electron chi connectivity index (χ3n) is 4.24. The first-order valence-corrected chi connectivity index (χ1v) is 9.53. The van der Waals surface area contributed by atoms with Gasteiger partial charge in [0.05, 0.1) is 11.4 Å². The average Bonchev–Trinajstić information content (AvgIpc) is 3.22. The van der Waals surface area contributed by atoms with Crippen LogP contribution in [0.25, 0.3) is 10.7 Å². The second-order valence-electron chi connectivity index (χ2n) is 6.30. The molecule has 0 unspecified atom stereocenters. The number of thiophene rings is 1. The fourth-order valence-corrected chi connectivity index (χ4v) is 3.49. The number of hydrogen-bond acceptors (Lipinski definition) is 4. The predicted molar refractivity (Wildman–Crippen MR) is 101 cm³/mol. The zero-order valence-electron chi connectivity index (χ0n) is 14.4. The Labute approximate surface area is 158 Å². The van der Waals surface area contributed by atoms with Crippen LogP contribution in [0.2, 0.25) is 0 Å². The highest BCUT2D eigenvalue weighted by Gasteiger charge is 2.30. The smallest absolute Gasteiger partial charge is 0.336 e. The molecule has 4 rings (SSSR count). The number of anilines is 1. The minimum atomic E-state index is -0.422. The van der Waals surface area contributed by atoms with Crippen molar-refractivity contribution in [3.8, 4) is 10.7 Å². The van der Waals surface area contributed by atoms with Crippen molar-refractivity contribution in [1.82, 2.24) is 19.7 Å². The molecule has 0 saturated heterocycles. The Morgan fingerprint density at radius 1 is 1.26 bits per heavy atom. The predicted octanol–water partition coefficient (Wildman–Crippen LogP) is 3.07. The first-order valence-electron chi connectivity index (χ1n) is 8.65. The number of halogens is 1. The molecule has 2 N–H and O–H groups in total. The van der Waals surface area contributed by atoms with E-state index in [1.165, 1.54) is 28.9 Å². The van der Waals surface area contributed by atoms with E-state index in [4.69, 9.17) is 0 Å². The molecule has 0 bridgehead atoms. The number of carbonyl (C=O) groups is 1. The van der Waals surface area contributed by atoms with E-state index in [9.17, 15) is 14.0 Å². The van der Waals surface area contributed by atoms with Crippen LogP contribution in [0.4, 0.5) is 14.9 Å². The molecule has 3 aromatic rings. The summed E-state index contributed by atoms with van der Waals surface area (Å²) in [6, 6.07) is 9.17. The number of nitrogens with one attached hydrogen (secondary N) is 2. The normalized spacial score (nSPS) is 13.5. The third-order valence-corrected chi connectivity index (χ3v) is 5.10. The maximum absolute atomic E-state index is 12.9. The largest absolute Gasteiger partial charge is 0.346 e. The first kappa shape index (κ1) is 17.5. The number of carbonyl (C=O) groups excluding carboxylic acids is 1. The van der Waals surface area contributed by atoms with Crippen molar-refractivity contribution in [2.24, 2.45) is 0 Å². The molecule has 140 valence electrons. The highest BCUT2D eigenvalue weighted by molar-refractivity contribution is 7.13. The number of amides is 2. The van der Waals surface area contributed by atoms with Gasteiger partial charge in [-0.2, -0.15) is 0 Å². The van der Waals surface area contributed by atoms with Gasteiger partial charge >= 0.3 is 11.7 Å². The van der Waals surface area contributed by atoms with E-state index in [-0.39, 0.29) is 30.6 Å². The maximum Gasteiger partial charge on any atom is 0.346 e. The lowest BCUT2D eigenvalue weighted by atomic mass is 10.3. The summed E-state index contributed by atoms with van der Waals surface area (Å²) in [5.74, 6) is 0.321. The van der Waals surface area contributed by atoms with Crippen LogP contribution in [0.15, 0.2) is 46.6 Å². The van der Waals surface area contributed by atoms with Gasteiger partial charge < -0.3 is 10.6 Å². The van der Waals surface area contributed by atoms with Gasteiger partial charge in [-0.1, -0.05) is 6.07 Å². The van der Waals surface area contributed by atoms with E-state index in [2.05, 4.69) is 15.7 Å². The van der Waals surface area contributed by atoms with Crippen molar-refractivity contribution in [2.45, 2.75) is 25.4 Å². The van der Waals surface area contributed by atoms with Crippen molar-refractivity contribution in [3.05, 3.63) is 58.1 Å². The highest BCUT2D eigenvalue weighted by atomic mass is 32.1. The third kappa shape index (κ3) is 3.92. The van der Waals surface area contributed by atoms with Crippen LogP contribution in [-0.2, 0) is 6.54 Å². The fraction of sp³-hybridized carbons (Fsp3) is 0.278. The van der Waals surface area contributed by atoms with Gasteiger partial charge in [0.2, 0.25) is 0 Å². The molecule has 1 aromatic carbocycles. The maximum atomic E-state index is 12.9. The summed E-state index contributed by atoms with van der Waals surface area (Å²) in [6.45, 7) is 0.520. The second kappa shape index (κ2) is 7.36. The molecule has 0 spiro atoms. The molecule has 2 amide bonds. The average molecular weight is 387 g/mol. The molecule has 1 saturated carbocycles. The molecule has 0 atom stereocenters. The molecule has 27 heavy (non-hydrogen) atoms. The Morgan fingerprint density at radius 3 is 2.70 bits per heavy atom. The molecular weight excluding hydrogens is 369 g/mol. The molecule has 2 heterocycles. The van der Waals surface area contributed by atoms with Crippen molar-refractivity contribution < 1.29 is 9.18 Å². The van der Waals surface area contributed by atoms with Gasteiger partial charge in [0, 0.05) is 18.3 Å². The summed E-state index contributed by atoms with van der Waals surface area (Å²) in [5.41, 5.74) is 0.339. The topological polar surface area (TPSA) is 81.0 Å². The van der Waals surface area contributed by atoms with Gasteiger partial charge in [-0.15, -0.1) is 16.4 Å². The lowest BCUT2D eigenvalue weighted by Gasteiger charge is -2.07. The molecule has 2 aromatic heterocycles. The second-order valence-corrected chi connectivity index (χ2v) is 7.24. The van der Waals surface area contributed by atoms with Crippen molar-refractivity contribution >= 4 is 23.1 Å². The Morgan fingerprint density at radius 2 is 2.04 bits per heavy atom. The number of aromatic nitrogens is 3. The summed E-state index contributed by atoms with van der Waals surface area (Å²) < 4.78 is 16.0. The van der Waals surface area contributed by atoms with Crippen LogP contribution in [-0.4, -0.2) is 26.9 Å². The van der Waals surface area contributed by atoms with E-state index in [0.717, 1.165) is 17.7 Å². The number of nitrogens with zero attached hydrogens (tertiary/aromatic N) is 3. The number of benzene rings is 1. The molecule has 1 aliphatic rings. The summed E-state index contributed by atoms with van der Waals surface area (Å²) in [4.78, 5) is 25.5. The minimum absolute atomic E-state index is 0.151. The van der Waals surface area contributed by atoms with Crippen LogP contribution in [0, 0.1) is 5.82 Å². The number of rotatable bonds is 6.